The number of benzene rings is 2. The van der Waals surface area contributed by atoms with Gasteiger partial charge in [0.2, 0.25) is 5.76 Å². The van der Waals surface area contributed by atoms with E-state index in [1.807, 2.05) is 54.9 Å². The quantitative estimate of drug-likeness (QED) is 0.193. The number of thiocarbonyl (C=S) groups is 1. The van der Waals surface area contributed by atoms with Crippen molar-refractivity contribution < 1.29 is 9.67 Å². The summed E-state index contributed by atoms with van der Waals surface area (Å²) in [4.78, 5) is 0.350. The minimum absolute atomic E-state index is 0.00404. The van der Waals surface area contributed by atoms with Gasteiger partial charge in [-0.2, -0.15) is 4.57 Å². The minimum Gasteiger partial charge on any atom is -0.502 e. The number of para-hydroxylation sites is 1. The Morgan fingerprint density at radius 2 is 1.60 bits per heavy atom. The number of rotatable bonds is 4. The summed E-state index contributed by atoms with van der Waals surface area (Å²) < 4.78 is 1.78. The first-order valence-electron chi connectivity index (χ1n) is 9.44. The van der Waals surface area contributed by atoms with E-state index in [1.54, 1.807) is 22.8 Å². The Labute approximate surface area is 192 Å². The number of aromatic nitrogens is 1. The standard InChI is InChI=1S/C24H22Cl2N2OS/c1-24(2,3)16-11-13-28(14-12-16)21(23(30)27-18-7-5-4-6-8-18)22(29)19-15-17(25)9-10-20(19)26/h4-15H,1-3H3,(H-,27,29,30)/p+1. The molecular weight excluding hydrogens is 435 g/mol. The van der Waals surface area contributed by atoms with Crippen LogP contribution in [0.1, 0.15) is 31.9 Å². The molecule has 1 heterocycles. The van der Waals surface area contributed by atoms with E-state index >= 15 is 0 Å². The predicted octanol–water partition coefficient (Wildman–Crippen LogP) is 6.90. The number of anilines is 1. The molecular formula is C24H23Cl2N2OS+. The first kappa shape index (κ1) is 22.3. The number of aliphatic hydroxyl groups is 1. The molecule has 0 atom stereocenters. The third-order valence-electron chi connectivity index (χ3n) is 4.61. The van der Waals surface area contributed by atoms with Gasteiger partial charge in [-0.25, -0.2) is 0 Å². The lowest BCUT2D eigenvalue weighted by Gasteiger charge is -2.18. The number of nitrogens with one attached hydrogen (secondary N) is 1. The monoisotopic (exact) mass is 457 g/mol. The van der Waals surface area contributed by atoms with Crippen LogP contribution in [0, 0.1) is 0 Å². The molecule has 2 N–H and O–H groups in total. The summed E-state index contributed by atoms with van der Waals surface area (Å²) in [6.45, 7) is 6.44. The second-order valence-corrected chi connectivity index (χ2v) is 9.14. The highest BCUT2D eigenvalue weighted by Crippen LogP contribution is 2.29. The van der Waals surface area contributed by atoms with Gasteiger partial charge in [-0.15, -0.1) is 0 Å². The molecule has 0 bridgehead atoms. The number of pyridine rings is 1. The van der Waals surface area contributed by atoms with Gasteiger partial charge in [0.1, 0.15) is 0 Å². The molecule has 1 aromatic heterocycles. The maximum absolute atomic E-state index is 11.2. The van der Waals surface area contributed by atoms with Crippen molar-refractivity contribution in [1.82, 2.24) is 0 Å². The third-order valence-corrected chi connectivity index (χ3v) is 5.47. The molecule has 0 spiro atoms. The molecule has 6 heteroatoms. The molecule has 0 aliphatic heterocycles. The highest BCUT2D eigenvalue weighted by Gasteiger charge is 2.26. The highest BCUT2D eigenvalue weighted by atomic mass is 35.5. The normalized spacial score (nSPS) is 12.3. The van der Waals surface area contributed by atoms with Crippen LogP contribution in [0.4, 0.5) is 5.69 Å². The fourth-order valence-corrected chi connectivity index (χ4v) is 3.64. The topological polar surface area (TPSA) is 36.1 Å². The van der Waals surface area contributed by atoms with Crippen molar-refractivity contribution in [2.45, 2.75) is 26.2 Å². The molecule has 30 heavy (non-hydrogen) atoms. The Kier molecular flexibility index (Phi) is 6.81. The van der Waals surface area contributed by atoms with Crippen LogP contribution >= 0.6 is 35.4 Å². The molecule has 3 nitrogen and oxygen atoms in total. The SMILES string of the molecule is CC(C)(C)c1cc[n+](C(C(=S)Nc2ccccc2)=C(O)c2cc(Cl)ccc2Cl)cc1. The fraction of sp³-hybridized carbons (Fsp3) is 0.167. The second-order valence-electron chi connectivity index (χ2n) is 7.89. The molecule has 2 aromatic carbocycles. The van der Waals surface area contributed by atoms with Gasteiger partial charge >= 0.3 is 0 Å². The van der Waals surface area contributed by atoms with Crippen LogP contribution in [0.25, 0.3) is 11.5 Å². The van der Waals surface area contributed by atoms with Crippen LogP contribution in [-0.4, -0.2) is 10.1 Å². The van der Waals surface area contributed by atoms with Gasteiger partial charge in [0.25, 0.3) is 5.70 Å². The molecule has 0 amide bonds. The number of hydrogen-bond donors (Lipinski definition) is 2. The van der Waals surface area contributed by atoms with Gasteiger partial charge in [-0.3, -0.25) is 0 Å². The minimum atomic E-state index is -0.0653. The van der Waals surface area contributed by atoms with E-state index in [0.717, 1.165) is 5.69 Å². The van der Waals surface area contributed by atoms with Gasteiger partial charge in [-0.05, 0) is 41.3 Å². The van der Waals surface area contributed by atoms with Gasteiger partial charge in [0.15, 0.2) is 17.4 Å². The van der Waals surface area contributed by atoms with E-state index in [0.29, 0.717) is 26.3 Å². The first-order valence-corrected chi connectivity index (χ1v) is 10.6. The van der Waals surface area contributed by atoms with E-state index in [2.05, 4.69) is 26.1 Å². The van der Waals surface area contributed by atoms with Gasteiger partial charge < -0.3 is 10.4 Å². The fourth-order valence-electron chi connectivity index (χ4n) is 2.94. The largest absolute Gasteiger partial charge is 0.502 e. The lowest BCUT2D eigenvalue weighted by molar-refractivity contribution is -0.575. The van der Waals surface area contributed by atoms with E-state index in [4.69, 9.17) is 35.4 Å². The van der Waals surface area contributed by atoms with E-state index in [1.165, 1.54) is 5.56 Å². The van der Waals surface area contributed by atoms with Crippen molar-refractivity contribution in [1.29, 1.82) is 0 Å². The van der Waals surface area contributed by atoms with Crippen LogP contribution in [0.5, 0.6) is 0 Å². The summed E-state index contributed by atoms with van der Waals surface area (Å²) in [5.74, 6) is -0.0653. The summed E-state index contributed by atoms with van der Waals surface area (Å²) in [5.41, 5.74) is 2.80. The molecule has 0 unspecified atom stereocenters. The average Bonchev–Trinajstić information content (AvgIpc) is 2.70. The summed E-state index contributed by atoms with van der Waals surface area (Å²) >= 11 is 18.2. The zero-order valence-corrected chi connectivity index (χ0v) is 19.3. The molecule has 0 saturated carbocycles. The predicted molar refractivity (Wildman–Crippen MR) is 130 cm³/mol. The smallest absolute Gasteiger partial charge is 0.288 e. The Balaban J connectivity index is 2.13. The first-order chi connectivity index (χ1) is 14.2. The van der Waals surface area contributed by atoms with Crippen molar-refractivity contribution in [2.24, 2.45) is 0 Å². The van der Waals surface area contributed by atoms with E-state index in [-0.39, 0.29) is 11.2 Å². The molecule has 0 radical (unpaired) electrons. The number of hydrogen-bond acceptors (Lipinski definition) is 2. The lowest BCUT2D eigenvalue weighted by Crippen LogP contribution is -2.39. The molecule has 3 aromatic rings. The number of halogens is 2. The summed E-state index contributed by atoms with van der Waals surface area (Å²) in [7, 11) is 0. The van der Waals surface area contributed by atoms with E-state index in [9.17, 15) is 5.11 Å². The number of nitrogens with zero attached hydrogens (tertiary/aromatic N) is 1. The Bertz CT molecular complexity index is 1090. The summed E-state index contributed by atoms with van der Waals surface area (Å²) in [5, 5.41) is 15.2. The Morgan fingerprint density at radius 1 is 0.967 bits per heavy atom. The summed E-state index contributed by atoms with van der Waals surface area (Å²) in [6.07, 6.45) is 3.76. The van der Waals surface area contributed by atoms with Gasteiger partial charge in [0.05, 0.1) is 5.02 Å². The van der Waals surface area contributed by atoms with Crippen LogP contribution in [0.2, 0.25) is 10.0 Å². The average molecular weight is 458 g/mol. The Morgan fingerprint density at radius 3 is 2.20 bits per heavy atom. The summed E-state index contributed by atoms with van der Waals surface area (Å²) in [6, 6.07) is 18.5. The molecule has 0 saturated heterocycles. The highest BCUT2D eigenvalue weighted by molar-refractivity contribution is 7.81. The van der Waals surface area contributed by atoms with Crippen LogP contribution in [0.15, 0.2) is 73.1 Å². The van der Waals surface area contributed by atoms with Crippen molar-refractivity contribution in [3.05, 3.63) is 94.2 Å². The Hall–Kier alpha value is -2.40. The maximum atomic E-state index is 11.2. The molecule has 0 fully saturated rings. The van der Waals surface area contributed by atoms with E-state index < -0.39 is 0 Å². The third kappa shape index (κ3) is 5.20. The van der Waals surface area contributed by atoms with Crippen LogP contribution in [-0.2, 0) is 5.41 Å². The molecule has 0 aliphatic carbocycles. The molecule has 3 rings (SSSR count). The number of aliphatic hydroxyl groups excluding tert-OH is 1. The molecule has 154 valence electrons. The van der Waals surface area contributed by atoms with Gasteiger partial charge in [-0.1, -0.05) is 74.4 Å². The van der Waals surface area contributed by atoms with Crippen LogP contribution < -0.4 is 9.88 Å². The van der Waals surface area contributed by atoms with Crippen LogP contribution in [0.3, 0.4) is 0 Å². The maximum Gasteiger partial charge on any atom is 0.288 e. The lowest BCUT2D eigenvalue weighted by atomic mass is 9.88. The van der Waals surface area contributed by atoms with Crippen molar-refractivity contribution in [3.63, 3.8) is 0 Å². The second kappa shape index (κ2) is 9.17. The molecule has 0 aliphatic rings. The van der Waals surface area contributed by atoms with Crippen molar-refractivity contribution in [3.8, 4) is 0 Å². The van der Waals surface area contributed by atoms with Gasteiger partial charge in [0, 0.05) is 28.4 Å². The zero-order valence-electron chi connectivity index (χ0n) is 17.0. The van der Waals surface area contributed by atoms with Crippen molar-refractivity contribution >= 4 is 57.6 Å². The van der Waals surface area contributed by atoms with Crippen molar-refractivity contribution in [2.75, 3.05) is 5.32 Å². The zero-order chi connectivity index (χ0) is 21.9.